The SMILES string of the molecule is COc1cc(O)ccc1[C@H]1C2=CC[C@@H]3C(=O)N(c4ccc(C(C)=O)cc4)C(=O)[C@@H]3[C@@H]2C[C@H]2C(=O)N(c3cc(-c4sc5ccc(Cl)cc5c4C)nn3C)C(=O)[C@@]12C. The lowest BCUT2D eigenvalue weighted by atomic mass is 9.51. The largest absolute Gasteiger partial charge is 0.508 e. The second-order valence-corrected chi connectivity index (χ2v) is 16.9. The van der Waals surface area contributed by atoms with Crippen LogP contribution < -0.4 is 14.5 Å². The maximum absolute atomic E-state index is 15.2. The number of aromatic hydroxyl groups is 1. The molecule has 2 aliphatic carbocycles. The highest BCUT2D eigenvalue weighted by molar-refractivity contribution is 7.22. The second-order valence-electron chi connectivity index (χ2n) is 15.4. The summed E-state index contributed by atoms with van der Waals surface area (Å²) in [6.07, 6.45) is 2.40. The molecule has 3 fully saturated rings. The van der Waals surface area contributed by atoms with Gasteiger partial charge in [-0.2, -0.15) is 5.10 Å². The molecule has 3 aromatic carbocycles. The van der Waals surface area contributed by atoms with Gasteiger partial charge in [-0.05, 0) is 99.0 Å². The number of benzene rings is 3. The molecule has 0 spiro atoms. The highest BCUT2D eigenvalue weighted by Gasteiger charge is 2.68. The molecule has 9 rings (SSSR count). The number of thiophene rings is 1. The van der Waals surface area contributed by atoms with Crippen molar-refractivity contribution in [3.05, 3.63) is 100 Å². The number of hydrogen-bond acceptors (Lipinski definition) is 9. The van der Waals surface area contributed by atoms with Crippen molar-refractivity contribution in [1.82, 2.24) is 9.78 Å². The Kier molecular flexibility index (Phi) is 8.19. The van der Waals surface area contributed by atoms with Gasteiger partial charge in [0.05, 0.1) is 40.8 Å². The van der Waals surface area contributed by atoms with Crippen LogP contribution in [0, 0.1) is 36.0 Å². The average Bonchev–Trinajstić information content (AvgIpc) is 3.85. The van der Waals surface area contributed by atoms with Gasteiger partial charge in [0, 0.05) is 45.9 Å². The quantitative estimate of drug-likeness (QED) is 0.105. The third-order valence-electron chi connectivity index (χ3n) is 12.5. The van der Waals surface area contributed by atoms with Gasteiger partial charge in [0.15, 0.2) is 5.78 Å². The lowest BCUT2D eigenvalue weighted by Crippen LogP contribution is -2.49. The number of imide groups is 2. The summed E-state index contributed by atoms with van der Waals surface area (Å²) in [6.45, 7) is 5.25. The fourth-order valence-corrected chi connectivity index (χ4v) is 11.1. The van der Waals surface area contributed by atoms with Gasteiger partial charge < -0.3 is 9.84 Å². The fraction of sp³-hybridized carbons (Fsp3) is 0.302. The van der Waals surface area contributed by atoms with Crippen molar-refractivity contribution in [3.8, 4) is 22.1 Å². The monoisotopic (exact) mass is 788 g/mol. The number of phenolic OH excluding ortho intramolecular Hbond substituents is 1. The van der Waals surface area contributed by atoms with Crippen LogP contribution in [-0.2, 0) is 26.2 Å². The minimum atomic E-state index is -1.33. The van der Waals surface area contributed by atoms with E-state index in [0.717, 1.165) is 26.1 Å². The van der Waals surface area contributed by atoms with Crippen LogP contribution in [0.3, 0.4) is 0 Å². The molecule has 13 heteroatoms. The number of amides is 4. The van der Waals surface area contributed by atoms with Crippen LogP contribution in [0.25, 0.3) is 20.7 Å². The Morgan fingerprint density at radius 1 is 0.964 bits per heavy atom. The van der Waals surface area contributed by atoms with E-state index < -0.39 is 46.8 Å². The molecule has 56 heavy (non-hydrogen) atoms. The number of anilines is 2. The zero-order valence-corrected chi connectivity index (χ0v) is 32.8. The Morgan fingerprint density at radius 3 is 2.43 bits per heavy atom. The molecule has 4 heterocycles. The minimum Gasteiger partial charge on any atom is -0.508 e. The number of fused-ring (bicyclic) bond motifs is 5. The van der Waals surface area contributed by atoms with E-state index in [1.54, 1.807) is 66.4 Å². The van der Waals surface area contributed by atoms with Crippen LogP contribution in [-0.4, -0.2) is 51.4 Å². The summed E-state index contributed by atoms with van der Waals surface area (Å²) in [4.78, 5) is 74.0. The van der Waals surface area contributed by atoms with Crippen molar-refractivity contribution in [2.45, 2.75) is 39.5 Å². The maximum atomic E-state index is 15.2. The first-order chi connectivity index (χ1) is 26.7. The standard InChI is InChI=1S/C43H37ClN4O7S/c1-20-29-16-23(44)8-15-34(29)56-38(20)32-19-35(46(4)45-32)48-40(52)31-18-30-26(37(43(31,3)42(48)54)27-12-11-25(50)17-33(27)55-5)13-14-28-36(30)41(53)47(39(28)51)24-9-6-22(7-10-24)21(2)49/h6-13,15-17,19,28,30-31,36-37,50H,14,18H2,1-5H3/t28-,30+,31-,36-,37+,43+/m0/s1. The van der Waals surface area contributed by atoms with Gasteiger partial charge in [-0.25, -0.2) is 4.90 Å². The van der Waals surface area contributed by atoms with Crippen LogP contribution >= 0.6 is 22.9 Å². The molecule has 5 aromatic rings. The normalized spacial score (nSPS) is 25.8. The first kappa shape index (κ1) is 36.1. The Labute approximate surface area is 331 Å². The van der Waals surface area contributed by atoms with Crippen LogP contribution in [0.1, 0.15) is 54.1 Å². The summed E-state index contributed by atoms with van der Waals surface area (Å²) in [5.74, 6) is -4.67. The molecule has 2 aliphatic heterocycles. The van der Waals surface area contributed by atoms with Crippen LogP contribution in [0.2, 0.25) is 5.02 Å². The number of carbonyl (C=O) groups is 5. The average molecular weight is 789 g/mol. The van der Waals surface area contributed by atoms with Gasteiger partial charge in [0.25, 0.3) is 0 Å². The van der Waals surface area contributed by atoms with Gasteiger partial charge in [0.2, 0.25) is 23.6 Å². The molecule has 1 saturated carbocycles. The second kappa shape index (κ2) is 12.7. The Morgan fingerprint density at radius 2 is 1.71 bits per heavy atom. The minimum absolute atomic E-state index is 0.0305. The van der Waals surface area contributed by atoms with Gasteiger partial charge in [0.1, 0.15) is 23.0 Å². The van der Waals surface area contributed by atoms with Crippen molar-refractivity contribution in [2.75, 3.05) is 16.9 Å². The van der Waals surface area contributed by atoms with Crippen molar-refractivity contribution in [3.63, 3.8) is 0 Å². The van der Waals surface area contributed by atoms with Gasteiger partial charge in [-0.15, -0.1) is 11.3 Å². The molecular weight excluding hydrogens is 752 g/mol. The van der Waals surface area contributed by atoms with Crippen molar-refractivity contribution in [1.29, 1.82) is 0 Å². The number of ketones is 1. The van der Waals surface area contributed by atoms with Crippen molar-refractivity contribution < 1.29 is 33.8 Å². The lowest BCUT2D eigenvalue weighted by Gasteiger charge is -2.49. The number of allylic oxidation sites excluding steroid dienone is 2. The molecule has 11 nitrogen and oxygen atoms in total. The number of aromatic nitrogens is 2. The molecule has 6 atom stereocenters. The molecule has 1 N–H and O–H groups in total. The number of ether oxygens (including phenoxy) is 1. The van der Waals surface area contributed by atoms with E-state index in [1.165, 1.54) is 36.0 Å². The first-order valence-electron chi connectivity index (χ1n) is 18.4. The highest BCUT2D eigenvalue weighted by Crippen LogP contribution is 2.64. The molecule has 2 aromatic heterocycles. The summed E-state index contributed by atoms with van der Waals surface area (Å²) in [5, 5.41) is 16.9. The smallest absolute Gasteiger partial charge is 0.242 e. The van der Waals surface area contributed by atoms with E-state index in [9.17, 15) is 24.3 Å². The van der Waals surface area contributed by atoms with Crippen LogP contribution in [0.15, 0.2) is 78.4 Å². The van der Waals surface area contributed by atoms with E-state index >= 15 is 4.79 Å². The lowest BCUT2D eigenvalue weighted by molar-refractivity contribution is -0.131. The first-order valence-corrected chi connectivity index (χ1v) is 19.6. The number of phenols is 1. The molecule has 284 valence electrons. The number of hydrogen-bond donors (Lipinski definition) is 1. The zero-order valence-electron chi connectivity index (χ0n) is 31.2. The number of Topliss-reactive ketones (excluding diaryl/α,β-unsaturated/α-hetero) is 1. The van der Waals surface area contributed by atoms with Crippen molar-refractivity contribution in [2.24, 2.45) is 36.1 Å². The van der Waals surface area contributed by atoms with Gasteiger partial charge >= 0.3 is 0 Å². The number of rotatable bonds is 6. The van der Waals surface area contributed by atoms with E-state index in [4.69, 9.17) is 21.4 Å². The summed E-state index contributed by atoms with van der Waals surface area (Å²) in [7, 11) is 3.18. The number of carbonyl (C=O) groups excluding carboxylic acids is 5. The summed E-state index contributed by atoms with van der Waals surface area (Å²) < 4.78 is 8.38. The molecular formula is C43H37ClN4O7S. The van der Waals surface area contributed by atoms with Crippen molar-refractivity contribution >= 4 is 73.9 Å². The summed E-state index contributed by atoms with van der Waals surface area (Å²) in [5.41, 5.74) is 2.48. The Bertz CT molecular complexity index is 2610. The van der Waals surface area contributed by atoms with E-state index in [2.05, 4.69) is 0 Å². The van der Waals surface area contributed by atoms with Gasteiger partial charge in [-0.1, -0.05) is 29.3 Å². The molecule has 4 aliphatic rings. The predicted octanol–water partition coefficient (Wildman–Crippen LogP) is 7.62. The third kappa shape index (κ3) is 5.01. The van der Waals surface area contributed by atoms with Crippen LogP contribution in [0.5, 0.6) is 11.5 Å². The summed E-state index contributed by atoms with van der Waals surface area (Å²) >= 11 is 7.87. The van der Waals surface area contributed by atoms with Crippen LogP contribution in [0.4, 0.5) is 11.5 Å². The topological polar surface area (TPSA) is 139 Å². The molecule has 2 saturated heterocycles. The third-order valence-corrected chi connectivity index (χ3v) is 14.1. The Hall–Kier alpha value is -5.59. The maximum Gasteiger partial charge on any atom is 0.242 e. The molecule has 0 unspecified atom stereocenters. The highest BCUT2D eigenvalue weighted by atomic mass is 35.5. The van der Waals surface area contributed by atoms with E-state index in [-0.39, 0.29) is 36.2 Å². The number of nitrogens with zero attached hydrogens (tertiary/aromatic N) is 4. The molecule has 0 bridgehead atoms. The zero-order chi connectivity index (χ0) is 39.5. The predicted molar refractivity (Wildman–Crippen MR) is 212 cm³/mol. The Balaban J connectivity index is 1.15. The number of methoxy groups -OCH3 is 1. The number of aryl methyl sites for hydroxylation is 2. The molecule has 4 amide bonds. The summed E-state index contributed by atoms with van der Waals surface area (Å²) in [6, 6.07) is 18.6. The van der Waals surface area contributed by atoms with E-state index in [1.807, 2.05) is 31.2 Å². The molecule has 0 radical (unpaired) electrons. The van der Waals surface area contributed by atoms with Gasteiger partial charge in [-0.3, -0.25) is 33.6 Å². The van der Waals surface area contributed by atoms with E-state index in [0.29, 0.717) is 39.1 Å². The fourth-order valence-electron chi connectivity index (χ4n) is 9.83. The number of halogens is 1.